The number of nitrogens with one attached hydrogen (secondary N) is 1. The number of benzene rings is 4. The van der Waals surface area contributed by atoms with E-state index in [0.717, 1.165) is 15.9 Å². The Morgan fingerprint density at radius 3 is 2.31 bits per heavy atom. The Labute approximate surface area is 225 Å². The first-order valence-electron chi connectivity index (χ1n) is 11.7. The molecule has 1 amide bonds. The summed E-state index contributed by atoms with van der Waals surface area (Å²) in [6, 6.07) is 29.3. The lowest BCUT2D eigenvalue weighted by atomic mass is 10.2. The normalized spacial score (nSPS) is 11.2. The van der Waals surface area contributed by atoms with Crippen LogP contribution in [0.25, 0.3) is 0 Å². The molecular weight excluding hydrogens is 520 g/mol. The second kappa shape index (κ2) is 12.5. The van der Waals surface area contributed by atoms with Gasteiger partial charge < -0.3 is 4.74 Å². The van der Waals surface area contributed by atoms with Gasteiger partial charge in [-0.3, -0.25) is 19.2 Å². The van der Waals surface area contributed by atoms with E-state index in [0.29, 0.717) is 17.9 Å². The topological polar surface area (TPSA) is 131 Å². The third-order valence-electron chi connectivity index (χ3n) is 5.50. The molecule has 0 saturated heterocycles. The maximum atomic E-state index is 13.4. The Bertz CT molecular complexity index is 1580. The minimum absolute atomic E-state index is 0.0353. The lowest BCUT2D eigenvalue weighted by molar-refractivity contribution is -0.384. The molecule has 0 spiro atoms. The highest BCUT2D eigenvalue weighted by atomic mass is 32.2. The Hall–Kier alpha value is -5.03. The molecule has 1 N–H and O–H groups in total. The zero-order chi connectivity index (χ0) is 27.7. The number of anilines is 1. The number of non-ortho nitro benzene ring substituents is 1. The molecule has 0 saturated carbocycles. The second-order valence-electron chi connectivity index (χ2n) is 8.21. The summed E-state index contributed by atoms with van der Waals surface area (Å²) in [6.45, 7) is -0.324. The first-order valence-corrected chi connectivity index (χ1v) is 13.2. The van der Waals surface area contributed by atoms with Crippen LogP contribution in [0, 0.1) is 10.1 Å². The van der Waals surface area contributed by atoms with E-state index in [2.05, 4.69) is 10.5 Å². The number of sulfonamides is 1. The summed E-state index contributed by atoms with van der Waals surface area (Å²) < 4.78 is 33.5. The molecule has 0 fully saturated rings. The zero-order valence-corrected chi connectivity index (χ0v) is 21.4. The van der Waals surface area contributed by atoms with Gasteiger partial charge in [-0.2, -0.15) is 5.10 Å². The predicted octanol–water partition coefficient (Wildman–Crippen LogP) is 4.52. The van der Waals surface area contributed by atoms with Crippen LogP contribution in [-0.4, -0.2) is 32.0 Å². The molecular formula is C28H24N4O6S. The number of hydrogen-bond donors (Lipinski definition) is 1. The van der Waals surface area contributed by atoms with Gasteiger partial charge in [-0.1, -0.05) is 66.7 Å². The highest BCUT2D eigenvalue weighted by Gasteiger charge is 2.28. The first-order chi connectivity index (χ1) is 18.8. The summed E-state index contributed by atoms with van der Waals surface area (Å²) in [5.74, 6) is -0.204. The first kappa shape index (κ1) is 27.0. The average molecular weight is 545 g/mol. The van der Waals surface area contributed by atoms with E-state index in [1.807, 2.05) is 36.4 Å². The Morgan fingerprint density at radius 1 is 0.923 bits per heavy atom. The highest BCUT2D eigenvalue weighted by Crippen LogP contribution is 2.27. The number of carbonyl (C=O) groups is 1. The van der Waals surface area contributed by atoms with Gasteiger partial charge in [-0.15, -0.1) is 0 Å². The average Bonchev–Trinajstić information content (AvgIpc) is 2.96. The van der Waals surface area contributed by atoms with Crippen molar-refractivity contribution in [1.29, 1.82) is 0 Å². The van der Waals surface area contributed by atoms with Crippen molar-refractivity contribution in [2.75, 3.05) is 10.8 Å². The lowest BCUT2D eigenvalue weighted by Gasteiger charge is -2.23. The summed E-state index contributed by atoms with van der Waals surface area (Å²) in [7, 11) is -4.23. The van der Waals surface area contributed by atoms with E-state index < -0.39 is 27.4 Å². The molecule has 39 heavy (non-hydrogen) atoms. The van der Waals surface area contributed by atoms with Crippen molar-refractivity contribution < 1.29 is 22.9 Å². The van der Waals surface area contributed by atoms with Gasteiger partial charge >= 0.3 is 0 Å². The lowest BCUT2D eigenvalue weighted by Crippen LogP contribution is -2.39. The van der Waals surface area contributed by atoms with Crippen molar-refractivity contribution >= 4 is 33.5 Å². The molecule has 0 aliphatic heterocycles. The van der Waals surface area contributed by atoms with Crippen molar-refractivity contribution in [3.8, 4) is 5.75 Å². The summed E-state index contributed by atoms with van der Waals surface area (Å²) in [5, 5.41) is 15.2. The van der Waals surface area contributed by atoms with Crippen molar-refractivity contribution in [1.82, 2.24) is 5.43 Å². The number of rotatable bonds is 11. The van der Waals surface area contributed by atoms with Crippen LogP contribution in [0.3, 0.4) is 0 Å². The van der Waals surface area contributed by atoms with Crippen LogP contribution in [-0.2, 0) is 21.4 Å². The zero-order valence-electron chi connectivity index (χ0n) is 20.6. The SMILES string of the molecule is O=C(CN(c1cccc([N+](=O)[O-])c1)S(=O)(=O)c1ccccc1)N/N=C\c1ccccc1OCc1ccccc1. The second-order valence-corrected chi connectivity index (χ2v) is 10.1. The molecule has 198 valence electrons. The summed E-state index contributed by atoms with van der Waals surface area (Å²) in [4.78, 5) is 23.4. The maximum absolute atomic E-state index is 13.4. The van der Waals surface area contributed by atoms with Gasteiger partial charge in [0.05, 0.1) is 21.7 Å². The monoisotopic (exact) mass is 544 g/mol. The van der Waals surface area contributed by atoms with Gasteiger partial charge in [0.1, 0.15) is 18.9 Å². The minimum Gasteiger partial charge on any atom is -0.488 e. The molecule has 0 aliphatic carbocycles. The third kappa shape index (κ3) is 7.05. The van der Waals surface area contributed by atoms with Crippen LogP contribution >= 0.6 is 0 Å². The van der Waals surface area contributed by atoms with Crippen LogP contribution in [0.2, 0.25) is 0 Å². The van der Waals surface area contributed by atoms with E-state index in [1.165, 1.54) is 36.5 Å². The largest absolute Gasteiger partial charge is 0.488 e. The van der Waals surface area contributed by atoms with Gasteiger partial charge in [-0.05, 0) is 35.9 Å². The summed E-state index contributed by atoms with van der Waals surface area (Å²) in [6.07, 6.45) is 1.39. The molecule has 0 bridgehead atoms. The molecule has 4 rings (SSSR count). The van der Waals surface area contributed by atoms with Crippen LogP contribution in [0.15, 0.2) is 119 Å². The van der Waals surface area contributed by atoms with Gasteiger partial charge in [0.25, 0.3) is 21.6 Å². The maximum Gasteiger partial charge on any atom is 0.271 e. The highest BCUT2D eigenvalue weighted by molar-refractivity contribution is 7.92. The van der Waals surface area contributed by atoms with Gasteiger partial charge in [0.15, 0.2) is 0 Å². The Balaban J connectivity index is 1.51. The summed E-state index contributed by atoms with van der Waals surface area (Å²) >= 11 is 0. The fraction of sp³-hybridized carbons (Fsp3) is 0.0714. The van der Waals surface area contributed by atoms with E-state index in [9.17, 15) is 23.3 Å². The minimum atomic E-state index is -4.23. The Morgan fingerprint density at radius 2 is 1.59 bits per heavy atom. The molecule has 0 atom stereocenters. The molecule has 0 heterocycles. The van der Waals surface area contributed by atoms with Crippen molar-refractivity contribution in [3.63, 3.8) is 0 Å². The van der Waals surface area contributed by atoms with E-state index >= 15 is 0 Å². The fourth-order valence-corrected chi connectivity index (χ4v) is 5.02. The molecule has 4 aromatic rings. The molecule has 11 heteroatoms. The number of nitrogens with zero attached hydrogens (tertiary/aromatic N) is 3. The quantitative estimate of drug-likeness (QED) is 0.168. The van der Waals surface area contributed by atoms with E-state index in [1.54, 1.807) is 36.4 Å². The molecule has 0 aliphatic rings. The van der Waals surface area contributed by atoms with Gasteiger partial charge in [0, 0.05) is 17.7 Å². The number of amides is 1. The number of para-hydroxylation sites is 1. The van der Waals surface area contributed by atoms with E-state index in [4.69, 9.17) is 4.74 Å². The fourth-order valence-electron chi connectivity index (χ4n) is 3.59. The summed E-state index contributed by atoms with van der Waals surface area (Å²) in [5.41, 5.74) is 3.56. The predicted molar refractivity (Wildman–Crippen MR) is 147 cm³/mol. The molecule has 10 nitrogen and oxygen atoms in total. The number of ether oxygens (including phenoxy) is 1. The van der Waals surface area contributed by atoms with Crippen LogP contribution < -0.4 is 14.5 Å². The van der Waals surface area contributed by atoms with Crippen LogP contribution in [0.5, 0.6) is 5.75 Å². The van der Waals surface area contributed by atoms with Gasteiger partial charge in [-0.25, -0.2) is 13.8 Å². The Kier molecular flexibility index (Phi) is 8.64. The smallest absolute Gasteiger partial charge is 0.271 e. The van der Waals surface area contributed by atoms with Crippen molar-refractivity contribution in [3.05, 3.63) is 130 Å². The standard InChI is InChI=1S/C28H24N4O6S/c33-28(30-29-19-23-12-7-8-17-27(23)38-21-22-10-3-1-4-11-22)20-31(24-13-9-14-25(18-24)32(34)35)39(36,37)26-15-5-2-6-16-26/h1-19H,20-21H2,(H,30,33)/b29-19-. The number of nitro groups is 1. The molecule has 0 unspecified atom stereocenters. The molecule has 4 aromatic carbocycles. The van der Waals surface area contributed by atoms with Gasteiger partial charge in [0.2, 0.25) is 0 Å². The molecule has 0 aromatic heterocycles. The van der Waals surface area contributed by atoms with Crippen LogP contribution in [0.4, 0.5) is 11.4 Å². The number of hydrogen-bond acceptors (Lipinski definition) is 7. The van der Waals surface area contributed by atoms with Crippen molar-refractivity contribution in [2.24, 2.45) is 5.10 Å². The number of carbonyl (C=O) groups excluding carboxylic acids is 1. The third-order valence-corrected chi connectivity index (χ3v) is 7.28. The number of nitro benzene ring substituents is 1. The molecule has 0 radical (unpaired) electrons. The number of hydrazone groups is 1. The van der Waals surface area contributed by atoms with Crippen LogP contribution in [0.1, 0.15) is 11.1 Å². The van der Waals surface area contributed by atoms with E-state index in [-0.39, 0.29) is 16.3 Å². The van der Waals surface area contributed by atoms with Crippen molar-refractivity contribution in [2.45, 2.75) is 11.5 Å².